The molecule has 1 saturated heterocycles. The maximum Gasteiger partial charge on any atom is 0.328 e. The maximum atomic E-state index is 12.7. The van der Waals surface area contributed by atoms with Crippen molar-refractivity contribution in [2.75, 3.05) is 33.8 Å². The molecule has 1 heterocycles. The van der Waals surface area contributed by atoms with Crippen LogP contribution >= 0.6 is 0 Å². The number of likely N-dealkylation sites (tertiary alicyclic amines) is 1. The number of ether oxygens (including phenoxy) is 1. The number of nitrogens with one attached hydrogen (secondary N) is 2. The summed E-state index contributed by atoms with van der Waals surface area (Å²) in [6.45, 7) is 3.69. The third-order valence-electron chi connectivity index (χ3n) is 4.78. The van der Waals surface area contributed by atoms with Crippen LogP contribution in [0.5, 0.6) is 0 Å². The Bertz CT molecular complexity index is 660. The number of piperidine rings is 1. The average molecular weight is 376 g/mol. The molecule has 7 nitrogen and oxygen atoms in total. The molecule has 27 heavy (non-hydrogen) atoms. The highest BCUT2D eigenvalue weighted by atomic mass is 16.5. The van der Waals surface area contributed by atoms with Crippen molar-refractivity contribution in [3.8, 4) is 0 Å². The van der Waals surface area contributed by atoms with Crippen LogP contribution < -0.4 is 10.2 Å². The van der Waals surface area contributed by atoms with Gasteiger partial charge in [0.1, 0.15) is 12.6 Å². The summed E-state index contributed by atoms with van der Waals surface area (Å²) in [5.74, 6) is -0.437. The van der Waals surface area contributed by atoms with Gasteiger partial charge in [0.2, 0.25) is 0 Å². The predicted octanol–water partition coefficient (Wildman–Crippen LogP) is 0.00510. The molecular formula is C20H30N3O4+. The first-order chi connectivity index (χ1) is 13.0. The Morgan fingerprint density at radius 3 is 2.56 bits per heavy atom. The van der Waals surface area contributed by atoms with E-state index in [1.54, 1.807) is 31.0 Å². The highest BCUT2D eigenvalue weighted by Crippen LogP contribution is 2.18. The second-order valence-electron chi connectivity index (χ2n) is 6.94. The molecule has 1 unspecified atom stereocenters. The Labute approximate surface area is 160 Å². The van der Waals surface area contributed by atoms with Crippen LogP contribution in [-0.2, 0) is 20.9 Å². The van der Waals surface area contributed by atoms with E-state index in [1.807, 2.05) is 19.2 Å². The molecule has 1 aromatic rings. The van der Waals surface area contributed by atoms with E-state index >= 15 is 0 Å². The van der Waals surface area contributed by atoms with Gasteiger partial charge >= 0.3 is 5.97 Å². The van der Waals surface area contributed by atoms with E-state index in [2.05, 4.69) is 5.32 Å². The third-order valence-corrected chi connectivity index (χ3v) is 4.78. The van der Waals surface area contributed by atoms with Crippen molar-refractivity contribution >= 4 is 17.8 Å². The summed E-state index contributed by atoms with van der Waals surface area (Å²) in [4.78, 5) is 39.2. The fourth-order valence-corrected chi connectivity index (χ4v) is 3.40. The molecule has 0 aromatic heterocycles. The smallest absolute Gasteiger partial charge is 0.328 e. The molecule has 0 aliphatic carbocycles. The minimum Gasteiger partial charge on any atom is -0.464 e. The summed E-state index contributed by atoms with van der Waals surface area (Å²) in [5, 5.41) is 2.59. The first-order valence-corrected chi connectivity index (χ1v) is 9.54. The molecule has 0 saturated carbocycles. The fourth-order valence-electron chi connectivity index (χ4n) is 3.40. The summed E-state index contributed by atoms with van der Waals surface area (Å²) >= 11 is 0. The third kappa shape index (κ3) is 5.79. The highest BCUT2D eigenvalue weighted by Gasteiger charge is 2.34. The lowest BCUT2D eigenvalue weighted by Crippen LogP contribution is -3.09. The number of hydrogen-bond acceptors (Lipinski definition) is 4. The summed E-state index contributed by atoms with van der Waals surface area (Å²) in [5.41, 5.74) is 1.66. The van der Waals surface area contributed by atoms with Gasteiger partial charge in [-0.05, 0) is 38.3 Å². The van der Waals surface area contributed by atoms with Crippen LogP contribution in [-0.4, -0.2) is 62.5 Å². The summed E-state index contributed by atoms with van der Waals surface area (Å²) in [6.07, 6.45) is 2.53. The molecule has 0 radical (unpaired) electrons. The van der Waals surface area contributed by atoms with Gasteiger partial charge in [0.05, 0.1) is 13.7 Å². The van der Waals surface area contributed by atoms with Crippen molar-refractivity contribution in [1.82, 2.24) is 10.2 Å². The highest BCUT2D eigenvalue weighted by molar-refractivity contribution is 5.93. The largest absolute Gasteiger partial charge is 0.464 e. The van der Waals surface area contributed by atoms with Crippen LogP contribution in [0.15, 0.2) is 24.3 Å². The van der Waals surface area contributed by atoms with Gasteiger partial charge in [0.15, 0.2) is 6.54 Å². The van der Waals surface area contributed by atoms with Crippen molar-refractivity contribution < 1.29 is 24.0 Å². The molecule has 2 rings (SSSR count). The first kappa shape index (κ1) is 20.9. The van der Waals surface area contributed by atoms with Crippen molar-refractivity contribution in [2.45, 2.75) is 38.8 Å². The minimum absolute atomic E-state index is 0.0211. The van der Waals surface area contributed by atoms with Crippen LogP contribution in [0.3, 0.4) is 0 Å². The number of carbonyl (C=O) groups is 3. The Morgan fingerprint density at radius 1 is 1.22 bits per heavy atom. The Hall–Kier alpha value is -2.41. The molecule has 1 aliphatic heterocycles. The van der Waals surface area contributed by atoms with Gasteiger partial charge in [-0.2, -0.15) is 0 Å². The predicted molar refractivity (Wildman–Crippen MR) is 101 cm³/mol. The second-order valence-corrected chi connectivity index (χ2v) is 6.94. The molecular weight excluding hydrogens is 346 g/mol. The molecule has 7 heteroatoms. The summed E-state index contributed by atoms with van der Waals surface area (Å²) < 4.78 is 5.13. The van der Waals surface area contributed by atoms with Crippen LogP contribution in [0.4, 0.5) is 0 Å². The average Bonchev–Trinajstić information content (AvgIpc) is 2.68. The Kier molecular flexibility index (Phi) is 7.79. The van der Waals surface area contributed by atoms with Crippen LogP contribution in [0.2, 0.25) is 0 Å². The Balaban J connectivity index is 1.93. The number of carbonyl (C=O) groups excluding carboxylic acids is 3. The number of quaternary nitrogens is 1. The monoisotopic (exact) mass is 376 g/mol. The van der Waals surface area contributed by atoms with Gasteiger partial charge in [0, 0.05) is 24.7 Å². The molecule has 1 aromatic carbocycles. The maximum absolute atomic E-state index is 12.7. The number of benzene rings is 1. The molecule has 2 amide bonds. The van der Waals surface area contributed by atoms with Gasteiger partial charge in [-0.1, -0.05) is 12.1 Å². The van der Waals surface area contributed by atoms with E-state index in [9.17, 15) is 14.4 Å². The van der Waals surface area contributed by atoms with Crippen molar-refractivity contribution in [2.24, 2.45) is 0 Å². The van der Waals surface area contributed by atoms with E-state index in [-0.39, 0.29) is 17.8 Å². The zero-order valence-electron chi connectivity index (χ0n) is 16.4. The van der Waals surface area contributed by atoms with Gasteiger partial charge in [-0.15, -0.1) is 0 Å². The molecule has 2 N–H and O–H groups in total. The minimum atomic E-state index is -0.453. The zero-order valence-corrected chi connectivity index (χ0v) is 16.4. The van der Waals surface area contributed by atoms with E-state index in [0.29, 0.717) is 38.2 Å². The number of nitrogens with zero attached hydrogens (tertiary/aromatic N) is 1. The summed E-state index contributed by atoms with van der Waals surface area (Å²) in [6, 6.07) is 6.92. The second kappa shape index (κ2) is 10.1. The molecule has 1 aliphatic rings. The molecule has 0 spiro atoms. The van der Waals surface area contributed by atoms with Crippen molar-refractivity contribution in [3.05, 3.63) is 35.4 Å². The Morgan fingerprint density at radius 2 is 1.93 bits per heavy atom. The first-order valence-electron chi connectivity index (χ1n) is 9.54. The molecule has 148 valence electrons. The van der Waals surface area contributed by atoms with Gasteiger partial charge in [-0.3, -0.25) is 9.59 Å². The lowest BCUT2D eigenvalue weighted by Gasteiger charge is -2.34. The van der Waals surface area contributed by atoms with Crippen molar-refractivity contribution in [3.63, 3.8) is 0 Å². The SMILES string of the molecule is CCOC(=O)[C@H]1CCCCN1C(=O)C[NH+](C)Cc1ccc(C(=O)NC)cc1. The van der Waals surface area contributed by atoms with E-state index < -0.39 is 6.04 Å². The number of hydrogen-bond donors (Lipinski definition) is 2. The van der Waals surface area contributed by atoms with Crippen LogP contribution in [0, 0.1) is 0 Å². The zero-order chi connectivity index (χ0) is 19.8. The fraction of sp³-hybridized carbons (Fsp3) is 0.550. The number of rotatable bonds is 7. The van der Waals surface area contributed by atoms with Gasteiger partial charge < -0.3 is 19.9 Å². The quantitative estimate of drug-likeness (QED) is 0.657. The van der Waals surface area contributed by atoms with E-state index in [0.717, 1.165) is 23.3 Å². The molecule has 0 bridgehead atoms. The lowest BCUT2D eigenvalue weighted by molar-refractivity contribution is -0.885. The summed E-state index contributed by atoms with van der Waals surface area (Å²) in [7, 11) is 3.55. The van der Waals surface area contributed by atoms with Crippen molar-refractivity contribution in [1.29, 1.82) is 0 Å². The number of amides is 2. The topological polar surface area (TPSA) is 80.2 Å². The van der Waals surface area contributed by atoms with Gasteiger partial charge in [-0.25, -0.2) is 4.79 Å². The number of esters is 1. The standard InChI is InChI=1S/C20H29N3O4/c1-4-27-20(26)17-7-5-6-12-23(17)18(24)14-22(3)13-15-8-10-16(11-9-15)19(25)21-2/h8-11,17H,4-7,12-14H2,1-3H3,(H,21,25)/p+1/t17-/m1/s1. The molecule has 1 fully saturated rings. The molecule has 2 atom stereocenters. The normalized spacial score (nSPS) is 17.9. The van der Waals surface area contributed by atoms with E-state index in [4.69, 9.17) is 4.74 Å². The van der Waals surface area contributed by atoms with E-state index in [1.165, 1.54) is 0 Å². The number of likely N-dealkylation sites (N-methyl/N-ethyl adjacent to an activating group) is 1. The van der Waals surface area contributed by atoms with Crippen LogP contribution in [0.1, 0.15) is 42.1 Å². The van der Waals surface area contributed by atoms with Gasteiger partial charge in [0.25, 0.3) is 11.8 Å². The lowest BCUT2D eigenvalue weighted by atomic mass is 10.0. The van der Waals surface area contributed by atoms with Crippen LogP contribution in [0.25, 0.3) is 0 Å².